The van der Waals surface area contributed by atoms with Crippen LogP contribution in [-0.2, 0) is 16.2 Å². The summed E-state index contributed by atoms with van der Waals surface area (Å²) < 4.78 is 80.6. The van der Waals surface area contributed by atoms with Crippen molar-refractivity contribution in [3.8, 4) is 0 Å². The van der Waals surface area contributed by atoms with E-state index in [0.29, 0.717) is 15.6 Å². The van der Waals surface area contributed by atoms with Gasteiger partial charge in [0.05, 0.1) is 26.7 Å². The third-order valence-electron chi connectivity index (χ3n) is 5.01. The zero-order chi connectivity index (χ0) is 24.7. The fourth-order valence-electron chi connectivity index (χ4n) is 3.29. The van der Waals surface area contributed by atoms with Crippen molar-refractivity contribution in [3.05, 3.63) is 88.6 Å². The molecule has 1 amide bonds. The molecule has 0 saturated carbocycles. The van der Waals surface area contributed by atoms with Crippen LogP contribution in [-0.4, -0.2) is 14.3 Å². The van der Waals surface area contributed by atoms with E-state index in [1.165, 1.54) is 18.2 Å². The van der Waals surface area contributed by atoms with E-state index >= 15 is 0 Å². The Bertz CT molecular complexity index is 1500. The first kappa shape index (κ1) is 23.7. The third kappa shape index (κ3) is 4.75. The van der Waals surface area contributed by atoms with Crippen LogP contribution >= 0.6 is 11.3 Å². The van der Waals surface area contributed by atoms with Crippen molar-refractivity contribution < 1.29 is 30.8 Å². The molecule has 0 aliphatic carbocycles. The molecule has 0 radical (unpaired) electrons. The fourth-order valence-corrected chi connectivity index (χ4v) is 5.46. The van der Waals surface area contributed by atoms with Gasteiger partial charge in [0, 0.05) is 4.70 Å². The van der Waals surface area contributed by atoms with E-state index in [0.717, 1.165) is 47.7 Å². The lowest BCUT2D eigenvalue weighted by Crippen LogP contribution is -2.17. The van der Waals surface area contributed by atoms with Crippen LogP contribution in [0.15, 0.2) is 71.6 Å². The summed E-state index contributed by atoms with van der Waals surface area (Å²) >= 11 is 1.03. The molecule has 0 unspecified atom stereocenters. The van der Waals surface area contributed by atoms with Gasteiger partial charge in [0.25, 0.3) is 15.9 Å². The summed E-state index contributed by atoms with van der Waals surface area (Å²) in [5.41, 5.74) is -0.217. The SMILES string of the molecule is Cc1c(C(=O)Nc2ccccc2NS(=O)(=O)c2ccc(F)cc2)sc2ccc(C(F)(F)F)cc12. The second-order valence-electron chi connectivity index (χ2n) is 7.32. The minimum absolute atomic E-state index is 0.0679. The number of sulfonamides is 1. The van der Waals surface area contributed by atoms with Crippen molar-refractivity contribution in [3.63, 3.8) is 0 Å². The molecule has 1 aromatic heterocycles. The average Bonchev–Trinajstić information content (AvgIpc) is 3.11. The first-order valence-electron chi connectivity index (χ1n) is 9.75. The van der Waals surface area contributed by atoms with E-state index < -0.39 is 33.5 Å². The van der Waals surface area contributed by atoms with Crippen LogP contribution in [0.1, 0.15) is 20.8 Å². The Labute approximate surface area is 196 Å². The minimum atomic E-state index is -4.51. The van der Waals surface area contributed by atoms with Gasteiger partial charge in [-0.3, -0.25) is 9.52 Å². The molecule has 11 heteroatoms. The second kappa shape index (κ2) is 8.73. The van der Waals surface area contributed by atoms with Crippen molar-refractivity contribution in [1.82, 2.24) is 0 Å². The molecule has 176 valence electrons. The number of alkyl halides is 3. The lowest BCUT2D eigenvalue weighted by atomic mass is 10.1. The highest BCUT2D eigenvalue weighted by Crippen LogP contribution is 2.37. The molecule has 3 aromatic carbocycles. The number of hydrogen-bond donors (Lipinski definition) is 2. The molecule has 5 nitrogen and oxygen atoms in total. The molecular formula is C23H16F4N2O3S2. The fraction of sp³-hybridized carbons (Fsp3) is 0.0870. The van der Waals surface area contributed by atoms with Gasteiger partial charge in [0.1, 0.15) is 5.82 Å². The number of carbonyl (C=O) groups excluding carboxylic acids is 1. The maximum absolute atomic E-state index is 13.1. The number of hydrogen-bond acceptors (Lipinski definition) is 4. The Kier molecular flexibility index (Phi) is 6.09. The van der Waals surface area contributed by atoms with E-state index in [1.54, 1.807) is 19.1 Å². The number of halogens is 4. The van der Waals surface area contributed by atoms with Gasteiger partial charge in [0.15, 0.2) is 0 Å². The lowest BCUT2D eigenvalue weighted by Gasteiger charge is -2.13. The largest absolute Gasteiger partial charge is 0.416 e. The number of fused-ring (bicyclic) bond motifs is 1. The van der Waals surface area contributed by atoms with Gasteiger partial charge in [-0.15, -0.1) is 11.3 Å². The molecule has 0 fully saturated rings. The van der Waals surface area contributed by atoms with Crippen molar-refractivity contribution >= 4 is 48.7 Å². The number of anilines is 2. The van der Waals surface area contributed by atoms with E-state index in [-0.39, 0.29) is 21.1 Å². The minimum Gasteiger partial charge on any atom is -0.319 e. The van der Waals surface area contributed by atoms with E-state index in [4.69, 9.17) is 0 Å². The quantitative estimate of drug-likeness (QED) is 0.306. The van der Waals surface area contributed by atoms with Gasteiger partial charge >= 0.3 is 6.18 Å². The predicted molar refractivity (Wildman–Crippen MR) is 123 cm³/mol. The highest BCUT2D eigenvalue weighted by Gasteiger charge is 2.31. The van der Waals surface area contributed by atoms with Crippen LogP contribution < -0.4 is 10.0 Å². The first-order chi connectivity index (χ1) is 16.0. The molecule has 0 spiro atoms. The molecule has 0 bridgehead atoms. The van der Waals surface area contributed by atoms with Crippen molar-refractivity contribution in [2.45, 2.75) is 18.0 Å². The molecule has 1 heterocycles. The van der Waals surface area contributed by atoms with Gasteiger partial charge in [-0.2, -0.15) is 13.2 Å². The van der Waals surface area contributed by atoms with Crippen LogP contribution in [0.25, 0.3) is 10.1 Å². The molecular weight excluding hydrogens is 492 g/mol. The van der Waals surface area contributed by atoms with Crippen molar-refractivity contribution in [1.29, 1.82) is 0 Å². The molecule has 0 aliphatic rings. The van der Waals surface area contributed by atoms with Gasteiger partial charge in [0.2, 0.25) is 0 Å². The summed E-state index contributed by atoms with van der Waals surface area (Å²) in [7, 11) is -4.07. The Morgan fingerprint density at radius 3 is 2.24 bits per heavy atom. The summed E-state index contributed by atoms with van der Waals surface area (Å²) in [5.74, 6) is -1.19. The van der Waals surface area contributed by atoms with Crippen LogP contribution in [0.2, 0.25) is 0 Å². The van der Waals surface area contributed by atoms with Crippen LogP contribution in [0.3, 0.4) is 0 Å². The van der Waals surface area contributed by atoms with Gasteiger partial charge in [-0.05, 0) is 72.5 Å². The summed E-state index contributed by atoms with van der Waals surface area (Å²) in [4.78, 5) is 13.0. The number of aryl methyl sites for hydroxylation is 1. The molecule has 0 saturated heterocycles. The zero-order valence-corrected chi connectivity index (χ0v) is 19.0. The van der Waals surface area contributed by atoms with E-state index in [1.807, 2.05) is 0 Å². The van der Waals surface area contributed by atoms with Gasteiger partial charge < -0.3 is 5.32 Å². The lowest BCUT2D eigenvalue weighted by molar-refractivity contribution is -0.137. The van der Waals surface area contributed by atoms with Crippen LogP contribution in [0.4, 0.5) is 28.9 Å². The standard InChI is InChI=1S/C23H16F4N2O3S2/c1-13-17-12-14(23(25,26)27)6-11-20(17)33-21(13)22(30)28-18-4-2-3-5-19(18)29-34(31,32)16-9-7-15(24)8-10-16/h2-12,29H,1H3,(H,28,30). The van der Waals surface area contributed by atoms with E-state index in [2.05, 4.69) is 10.0 Å². The normalized spacial score (nSPS) is 12.0. The zero-order valence-electron chi connectivity index (χ0n) is 17.4. The molecule has 34 heavy (non-hydrogen) atoms. The van der Waals surface area contributed by atoms with Crippen molar-refractivity contribution in [2.24, 2.45) is 0 Å². The Balaban J connectivity index is 1.63. The molecule has 2 N–H and O–H groups in total. The highest BCUT2D eigenvalue weighted by molar-refractivity contribution is 7.92. The predicted octanol–water partition coefficient (Wildman–Crippen LogP) is 6.42. The van der Waals surface area contributed by atoms with Gasteiger partial charge in [-0.25, -0.2) is 12.8 Å². The average molecular weight is 509 g/mol. The number of nitrogens with one attached hydrogen (secondary N) is 2. The first-order valence-corrected chi connectivity index (χ1v) is 12.0. The Morgan fingerprint density at radius 2 is 1.59 bits per heavy atom. The van der Waals surface area contributed by atoms with Crippen LogP contribution in [0, 0.1) is 12.7 Å². The van der Waals surface area contributed by atoms with Crippen LogP contribution in [0.5, 0.6) is 0 Å². The number of para-hydroxylation sites is 2. The van der Waals surface area contributed by atoms with E-state index in [9.17, 15) is 30.8 Å². The highest BCUT2D eigenvalue weighted by atomic mass is 32.2. The molecule has 4 aromatic rings. The third-order valence-corrected chi connectivity index (χ3v) is 7.67. The van der Waals surface area contributed by atoms with Crippen molar-refractivity contribution in [2.75, 3.05) is 10.0 Å². The maximum atomic E-state index is 13.1. The Morgan fingerprint density at radius 1 is 0.941 bits per heavy atom. The summed E-state index contributed by atoms with van der Waals surface area (Å²) in [6.45, 7) is 1.55. The topological polar surface area (TPSA) is 75.3 Å². The summed E-state index contributed by atoms with van der Waals surface area (Å²) in [6.07, 6.45) is -4.51. The number of benzene rings is 3. The second-order valence-corrected chi connectivity index (χ2v) is 10.1. The monoisotopic (exact) mass is 508 g/mol. The smallest absolute Gasteiger partial charge is 0.319 e. The molecule has 4 rings (SSSR count). The maximum Gasteiger partial charge on any atom is 0.416 e. The molecule has 0 aliphatic heterocycles. The summed E-state index contributed by atoms with van der Waals surface area (Å²) in [6, 6.07) is 13.6. The summed E-state index contributed by atoms with van der Waals surface area (Å²) in [5, 5.41) is 2.93. The number of amides is 1. The number of rotatable bonds is 5. The molecule has 0 atom stereocenters. The number of thiophene rings is 1. The number of carbonyl (C=O) groups is 1. The Hall–Kier alpha value is -3.44. The van der Waals surface area contributed by atoms with Gasteiger partial charge in [-0.1, -0.05) is 12.1 Å².